The van der Waals surface area contributed by atoms with Crippen LogP contribution >= 0.6 is 12.6 Å². The summed E-state index contributed by atoms with van der Waals surface area (Å²) in [5.41, 5.74) is 0. The maximum absolute atomic E-state index is 4.14. The van der Waals surface area contributed by atoms with E-state index in [9.17, 15) is 0 Å². The summed E-state index contributed by atoms with van der Waals surface area (Å²) in [6, 6.07) is 0. The molecule has 1 fully saturated rings. The van der Waals surface area contributed by atoms with Crippen molar-refractivity contribution in [2.24, 2.45) is 5.92 Å². The second kappa shape index (κ2) is 5.86. The van der Waals surface area contributed by atoms with Crippen LogP contribution in [0.15, 0.2) is 0 Å². The molecule has 0 atom stereocenters. The van der Waals surface area contributed by atoms with Gasteiger partial charge in [-0.3, -0.25) is 0 Å². The van der Waals surface area contributed by atoms with Crippen LogP contribution in [-0.4, -0.2) is 31.9 Å². The Hall–Kier alpha value is 0.270. The van der Waals surface area contributed by atoms with Gasteiger partial charge in [-0.1, -0.05) is 0 Å². The van der Waals surface area contributed by atoms with Gasteiger partial charge in [0.2, 0.25) is 0 Å². The summed E-state index contributed by atoms with van der Waals surface area (Å²) < 4.78 is 0. The Morgan fingerprint density at radius 3 is 2.73 bits per heavy atom. The molecule has 1 aliphatic heterocycles. The van der Waals surface area contributed by atoms with Crippen molar-refractivity contribution >= 4 is 12.6 Å². The highest BCUT2D eigenvalue weighted by Crippen LogP contribution is 2.09. The van der Waals surface area contributed by atoms with Gasteiger partial charge in [0.05, 0.1) is 0 Å². The van der Waals surface area contributed by atoms with E-state index in [-0.39, 0.29) is 0 Å². The van der Waals surface area contributed by atoms with Crippen molar-refractivity contribution < 1.29 is 0 Å². The predicted molar refractivity (Wildman–Crippen MR) is 52.3 cm³/mol. The van der Waals surface area contributed by atoms with Crippen molar-refractivity contribution in [1.82, 2.24) is 10.6 Å². The molecule has 0 bridgehead atoms. The maximum atomic E-state index is 4.14. The van der Waals surface area contributed by atoms with Crippen LogP contribution < -0.4 is 10.6 Å². The largest absolute Gasteiger partial charge is 0.317 e. The zero-order chi connectivity index (χ0) is 7.94. The van der Waals surface area contributed by atoms with Crippen LogP contribution in [0.2, 0.25) is 0 Å². The molecule has 66 valence electrons. The van der Waals surface area contributed by atoms with Gasteiger partial charge in [0.25, 0.3) is 0 Å². The highest BCUT2D eigenvalue weighted by molar-refractivity contribution is 7.80. The van der Waals surface area contributed by atoms with Crippen LogP contribution in [0.5, 0.6) is 0 Å². The molecule has 11 heavy (non-hydrogen) atoms. The smallest absolute Gasteiger partial charge is 0.00398 e. The Labute approximate surface area is 74.5 Å². The van der Waals surface area contributed by atoms with Crippen molar-refractivity contribution in [1.29, 1.82) is 0 Å². The monoisotopic (exact) mass is 174 g/mol. The molecule has 0 unspecified atom stereocenters. The molecule has 1 saturated heterocycles. The van der Waals surface area contributed by atoms with Gasteiger partial charge in [-0.2, -0.15) is 12.6 Å². The van der Waals surface area contributed by atoms with Gasteiger partial charge in [0.1, 0.15) is 0 Å². The molecule has 3 heteroatoms. The van der Waals surface area contributed by atoms with E-state index in [0.29, 0.717) is 0 Å². The molecule has 0 aromatic heterocycles. The van der Waals surface area contributed by atoms with E-state index in [1.165, 1.54) is 32.5 Å². The summed E-state index contributed by atoms with van der Waals surface area (Å²) >= 11 is 4.14. The summed E-state index contributed by atoms with van der Waals surface area (Å²) in [4.78, 5) is 0. The van der Waals surface area contributed by atoms with Gasteiger partial charge in [-0.05, 0) is 38.4 Å². The van der Waals surface area contributed by atoms with Crippen LogP contribution in [0.3, 0.4) is 0 Å². The molecule has 0 saturated carbocycles. The first kappa shape index (κ1) is 9.36. The lowest BCUT2D eigenvalue weighted by atomic mass is 9.98. The summed E-state index contributed by atoms with van der Waals surface area (Å²) in [5, 5.41) is 6.76. The number of nitrogens with one attached hydrogen (secondary N) is 2. The van der Waals surface area contributed by atoms with Crippen LogP contribution in [0.4, 0.5) is 0 Å². The standard InChI is InChI=1S/C8H18N2S/c11-6-5-10-7-8-1-3-9-4-2-8/h8-11H,1-7H2. The van der Waals surface area contributed by atoms with Crippen molar-refractivity contribution in [2.45, 2.75) is 12.8 Å². The highest BCUT2D eigenvalue weighted by Gasteiger charge is 2.11. The third-order valence-electron chi connectivity index (χ3n) is 2.18. The van der Waals surface area contributed by atoms with E-state index >= 15 is 0 Å². The third-order valence-corrected chi connectivity index (χ3v) is 2.40. The summed E-state index contributed by atoms with van der Waals surface area (Å²) in [6.45, 7) is 4.63. The lowest BCUT2D eigenvalue weighted by Crippen LogP contribution is -2.34. The third kappa shape index (κ3) is 3.99. The number of hydrogen-bond donors (Lipinski definition) is 3. The van der Waals surface area contributed by atoms with Gasteiger partial charge in [-0.25, -0.2) is 0 Å². The molecule has 0 aromatic rings. The minimum Gasteiger partial charge on any atom is -0.317 e. The van der Waals surface area contributed by atoms with Gasteiger partial charge < -0.3 is 10.6 Å². The molecular formula is C8H18N2S. The number of rotatable bonds is 4. The molecular weight excluding hydrogens is 156 g/mol. The molecule has 1 rings (SSSR count). The number of thiol groups is 1. The number of hydrogen-bond acceptors (Lipinski definition) is 3. The predicted octanol–water partition coefficient (Wildman–Crippen LogP) is 0.505. The Bertz CT molecular complexity index is 92.1. The Morgan fingerprint density at radius 1 is 1.36 bits per heavy atom. The molecule has 1 aliphatic rings. The lowest BCUT2D eigenvalue weighted by molar-refractivity contribution is 0.360. The molecule has 0 amide bonds. The minimum absolute atomic E-state index is 0.899. The van der Waals surface area contributed by atoms with Crippen LogP contribution in [0.25, 0.3) is 0 Å². The van der Waals surface area contributed by atoms with Crippen LogP contribution in [0, 0.1) is 5.92 Å². The van der Waals surface area contributed by atoms with E-state index in [1.807, 2.05) is 0 Å². The Balaban J connectivity index is 1.96. The Kier molecular flexibility index (Phi) is 4.99. The first-order valence-electron chi connectivity index (χ1n) is 4.46. The Morgan fingerprint density at radius 2 is 2.09 bits per heavy atom. The minimum atomic E-state index is 0.899. The van der Waals surface area contributed by atoms with Crippen molar-refractivity contribution in [2.75, 3.05) is 31.9 Å². The summed E-state index contributed by atoms with van der Waals surface area (Å²) in [5.74, 6) is 1.85. The normalized spacial score (nSPS) is 20.5. The summed E-state index contributed by atoms with van der Waals surface area (Å²) in [7, 11) is 0. The second-order valence-electron chi connectivity index (χ2n) is 3.12. The lowest BCUT2D eigenvalue weighted by Gasteiger charge is -2.22. The quantitative estimate of drug-likeness (QED) is 0.427. The SMILES string of the molecule is SCCNCC1CCNCC1. The van der Waals surface area contributed by atoms with Crippen molar-refractivity contribution in [3.05, 3.63) is 0 Å². The fourth-order valence-electron chi connectivity index (χ4n) is 1.47. The van der Waals surface area contributed by atoms with Crippen LogP contribution in [-0.2, 0) is 0 Å². The maximum Gasteiger partial charge on any atom is 0.00398 e. The zero-order valence-electron chi connectivity index (χ0n) is 6.97. The highest BCUT2D eigenvalue weighted by atomic mass is 32.1. The molecule has 0 aliphatic carbocycles. The molecule has 0 aromatic carbocycles. The topological polar surface area (TPSA) is 24.1 Å². The van der Waals surface area contributed by atoms with Gasteiger partial charge >= 0.3 is 0 Å². The van der Waals surface area contributed by atoms with Crippen molar-refractivity contribution in [3.8, 4) is 0 Å². The van der Waals surface area contributed by atoms with Crippen molar-refractivity contribution in [3.63, 3.8) is 0 Å². The van der Waals surface area contributed by atoms with E-state index in [1.54, 1.807) is 0 Å². The fraction of sp³-hybridized carbons (Fsp3) is 1.00. The van der Waals surface area contributed by atoms with Gasteiger partial charge in [0.15, 0.2) is 0 Å². The van der Waals surface area contributed by atoms with E-state index in [4.69, 9.17) is 0 Å². The molecule has 0 radical (unpaired) electrons. The molecule has 2 nitrogen and oxygen atoms in total. The van der Waals surface area contributed by atoms with E-state index < -0.39 is 0 Å². The second-order valence-corrected chi connectivity index (χ2v) is 3.57. The van der Waals surface area contributed by atoms with E-state index in [2.05, 4.69) is 23.3 Å². The molecule has 1 heterocycles. The average molecular weight is 174 g/mol. The van der Waals surface area contributed by atoms with Gasteiger partial charge in [-0.15, -0.1) is 0 Å². The average Bonchev–Trinajstić information content (AvgIpc) is 2.07. The molecule has 2 N–H and O–H groups in total. The summed E-state index contributed by atoms with van der Waals surface area (Å²) in [6.07, 6.45) is 2.67. The first-order valence-corrected chi connectivity index (χ1v) is 5.09. The fourth-order valence-corrected chi connectivity index (χ4v) is 1.63. The zero-order valence-corrected chi connectivity index (χ0v) is 7.87. The van der Waals surface area contributed by atoms with Gasteiger partial charge in [0, 0.05) is 12.3 Å². The van der Waals surface area contributed by atoms with Crippen LogP contribution in [0.1, 0.15) is 12.8 Å². The number of piperidine rings is 1. The van der Waals surface area contributed by atoms with E-state index in [0.717, 1.165) is 18.2 Å². The molecule has 0 spiro atoms. The first-order chi connectivity index (χ1) is 5.43.